The minimum Gasteiger partial charge on any atom is -0.355 e. The van der Waals surface area contributed by atoms with E-state index in [4.69, 9.17) is 10.7 Å². The molecule has 0 aliphatic heterocycles. The average Bonchev–Trinajstić information content (AvgIpc) is 2.46. The lowest BCUT2D eigenvalue weighted by Gasteiger charge is -2.21. The maximum absolute atomic E-state index is 5.81. The molecule has 2 N–H and O–H groups in total. The first-order chi connectivity index (χ1) is 9.99. The van der Waals surface area contributed by atoms with Crippen molar-refractivity contribution >= 4 is 21.7 Å². The number of hydrogen-bond donors (Lipinski definition) is 1. The van der Waals surface area contributed by atoms with E-state index in [0.29, 0.717) is 12.5 Å². The Hall–Kier alpha value is -1.39. The van der Waals surface area contributed by atoms with E-state index in [1.54, 1.807) is 0 Å². The van der Waals surface area contributed by atoms with Crippen LogP contribution in [0.5, 0.6) is 0 Å². The van der Waals surface area contributed by atoms with Crippen molar-refractivity contribution in [3.63, 3.8) is 0 Å². The first kappa shape index (κ1) is 16.0. The molecule has 0 amide bonds. The van der Waals surface area contributed by atoms with Crippen molar-refractivity contribution in [2.45, 2.75) is 32.9 Å². The summed E-state index contributed by atoms with van der Waals surface area (Å²) in [5, 5.41) is 0. The van der Waals surface area contributed by atoms with Crippen LogP contribution in [0.3, 0.4) is 0 Å². The molecule has 4 heteroatoms. The second-order valence-electron chi connectivity index (χ2n) is 5.60. The molecule has 1 aromatic carbocycles. The third-order valence-electron chi connectivity index (χ3n) is 3.42. The molecule has 0 saturated carbocycles. The minimum absolute atomic E-state index is 0.398. The van der Waals surface area contributed by atoms with Crippen molar-refractivity contribution in [1.82, 2.24) is 4.98 Å². The third-order valence-corrected chi connectivity index (χ3v) is 3.91. The summed E-state index contributed by atoms with van der Waals surface area (Å²) >= 11 is 3.51. The van der Waals surface area contributed by atoms with Gasteiger partial charge >= 0.3 is 0 Å². The van der Waals surface area contributed by atoms with E-state index >= 15 is 0 Å². The van der Waals surface area contributed by atoms with Gasteiger partial charge < -0.3 is 10.6 Å². The number of anilines is 1. The number of rotatable bonds is 5. The molecule has 1 heterocycles. The smallest absolute Gasteiger partial charge is 0.129 e. The number of pyridine rings is 1. The molecule has 112 valence electrons. The number of benzene rings is 1. The van der Waals surface area contributed by atoms with Gasteiger partial charge in [-0.1, -0.05) is 41.9 Å². The average molecular weight is 348 g/mol. The quantitative estimate of drug-likeness (QED) is 0.886. The summed E-state index contributed by atoms with van der Waals surface area (Å²) in [6.07, 6.45) is 0. The monoisotopic (exact) mass is 347 g/mol. The topological polar surface area (TPSA) is 42.1 Å². The fourth-order valence-corrected chi connectivity index (χ4v) is 2.64. The molecule has 0 bridgehead atoms. The number of hydrogen-bond acceptors (Lipinski definition) is 3. The van der Waals surface area contributed by atoms with E-state index in [9.17, 15) is 0 Å². The number of nitrogens with zero attached hydrogens (tertiary/aromatic N) is 2. The van der Waals surface area contributed by atoms with Crippen LogP contribution < -0.4 is 10.6 Å². The summed E-state index contributed by atoms with van der Waals surface area (Å²) in [5.41, 5.74) is 9.28. The van der Waals surface area contributed by atoms with Gasteiger partial charge in [-0.2, -0.15) is 0 Å². The highest BCUT2D eigenvalue weighted by atomic mass is 79.9. The van der Waals surface area contributed by atoms with Crippen LogP contribution in [0.4, 0.5) is 5.82 Å². The molecule has 0 unspecified atom stereocenters. The molecule has 0 fully saturated rings. The predicted molar refractivity (Wildman–Crippen MR) is 92.5 cm³/mol. The van der Waals surface area contributed by atoms with Crippen LogP contribution in [0, 0.1) is 0 Å². The molecule has 3 nitrogen and oxygen atoms in total. The molecule has 1 aromatic heterocycles. The van der Waals surface area contributed by atoms with E-state index < -0.39 is 0 Å². The summed E-state index contributed by atoms with van der Waals surface area (Å²) in [5.74, 6) is 1.37. The first-order valence-electron chi connectivity index (χ1n) is 7.16. The van der Waals surface area contributed by atoms with Crippen LogP contribution in [0.1, 0.15) is 36.6 Å². The van der Waals surface area contributed by atoms with Crippen LogP contribution in [-0.4, -0.2) is 12.0 Å². The van der Waals surface area contributed by atoms with E-state index in [-0.39, 0.29) is 0 Å². The van der Waals surface area contributed by atoms with Crippen molar-refractivity contribution in [3.8, 4) is 0 Å². The second kappa shape index (κ2) is 7.05. The summed E-state index contributed by atoms with van der Waals surface area (Å²) < 4.78 is 1.10. The number of aromatic nitrogens is 1. The molecule has 0 atom stereocenters. The lowest BCUT2D eigenvalue weighted by atomic mass is 10.1. The second-order valence-corrected chi connectivity index (χ2v) is 6.52. The number of halogens is 1. The van der Waals surface area contributed by atoms with Crippen LogP contribution in [0.2, 0.25) is 0 Å². The largest absolute Gasteiger partial charge is 0.355 e. The van der Waals surface area contributed by atoms with E-state index in [0.717, 1.165) is 28.1 Å². The Morgan fingerprint density at radius 1 is 1.19 bits per heavy atom. The maximum atomic E-state index is 5.81. The van der Waals surface area contributed by atoms with Gasteiger partial charge in [0.15, 0.2) is 0 Å². The number of nitrogens with two attached hydrogens (primary N) is 1. The van der Waals surface area contributed by atoms with Gasteiger partial charge in [-0.25, -0.2) is 4.98 Å². The van der Waals surface area contributed by atoms with Gasteiger partial charge in [-0.3, -0.25) is 0 Å². The van der Waals surface area contributed by atoms with Gasteiger partial charge in [-0.05, 0) is 41.3 Å². The van der Waals surface area contributed by atoms with E-state index in [1.807, 2.05) is 6.07 Å². The first-order valence-corrected chi connectivity index (χ1v) is 7.95. The van der Waals surface area contributed by atoms with Crippen LogP contribution in [0.25, 0.3) is 0 Å². The molecule has 2 aromatic rings. The fraction of sp³-hybridized carbons (Fsp3) is 0.353. The summed E-state index contributed by atoms with van der Waals surface area (Å²) in [7, 11) is 2.06. The lowest BCUT2D eigenvalue weighted by molar-refractivity contribution is 0.799. The fourth-order valence-electron chi connectivity index (χ4n) is 2.19. The van der Waals surface area contributed by atoms with Crippen molar-refractivity contribution in [2.24, 2.45) is 5.73 Å². The van der Waals surface area contributed by atoms with Crippen molar-refractivity contribution in [2.75, 3.05) is 11.9 Å². The Morgan fingerprint density at radius 2 is 1.95 bits per heavy atom. The molecule has 0 saturated heterocycles. The van der Waals surface area contributed by atoms with Gasteiger partial charge in [0.2, 0.25) is 0 Å². The molecule has 2 rings (SSSR count). The van der Waals surface area contributed by atoms with Gasteiger partial charge in [0, 0.05) is 30.3 Å². The molecule has 0 spiro atoms. The Labute approximate surface area is 135 Å². The Morgan fingerprint density at radius 3 is 2.57 bits per heavy atom. The highest BCUT2D eigenvalue weighted by molar-refractivity contribution is 9.10. The Bertz CT molecular complexity index is 611. The standard InChI is InChI=1S/C17H22BrN3/c1-12(2)16-8-14(10-19)9-17(20-16)21(3)11-13-5-4-6-15(18)7-13/h4-9,12H,10-11,19H2,1-3H3. The highest BCUT2D eigenvalue weighted by Gasteiger charge is 2.09. The summed E-state index contributed by atoms with van der Waals surface area (Å²) in [6, 6.07) is 12.5. The molecule has 0 radical (unpaired) electrons. The molecular weight excluding hydrogens is 326 g/mol. The van der Waals surface area contributed by atoms with Crippen LogP contribution >= 0.6 is 15.9 Å². The van der Waals surface area contributed by atoms with Crippen molar-refractivity contribution < 1.29 is 0 Å². The van der Waals surface area contributed by atoms with Crippen molar-refractivity contribution in [3.05, 3.63) is 57.7 Å². The summed E-state index contributed by atoms with van der Waals surface area (Å²) in [6.45, 7) is 5.67. The predicted octanol–water partition coefficient (Wildman–Crippen LogP) is 4.06. The van der Waals surface area contributed by atoms with Gasteiger partial charge in [0.05, 0.1) is 0 Å². The van der Waals surface area contributed by atoms with Gasteiger partial charge in [0.25, 0.3) is 0 Å². The van der Waals surface area contributed by atoms with E-state index in [1.165, 1.54) is 5.56 Å². The van der Waals surface area contributed by atoms with Crippen LogP contribution in [0.15, 0.2) is 40.9 Å². The zero-order chi connectivity index (χ0) is 15.4. The summed E-state index contributed by atoms with van der Waals surface area (Å²) in [4.78, 5) is 6.92. The van der Waals surface area contributed by atoms with Crippen LogP contribution in [-0.2, 0) is 13.1 Å². The Kier molecular flexibility index (Phi) is 5.37. The lowest BCUT2D eigenvalue weighted by Crippen LogP contribution is -2.19. The van der Waals surface area contributed by atoms with Gasteiger partial charge in [-0.15, -0.1) is 0 Å². The Balaban J connectivity index is 2.25. The zero-order valence-corrected chi connectivity index (χ0v) is 14.4. The molecule has 0 aliphatic carbocycles. The highest BCUT2D eigenvalue weighted by Crippen LogP contribution is 2.21. The van der Waals surface area contributed by atoms with E-state index in [2.05, 4.69) is 72.1 Å². The zero-order valence-electron chi connectivity index (χ0n) is 12.8. The third kappa shape index (κ3) is 4.29. The normalized spacial score (nSPS) is 11.0. The SMILES string of the molecule is CC(C)c1cc(CN)cc(N(C)Cc2cccc(Br)c2)n1. The van der Waals surface area contributed by atoms with Gasteiger partial charge in [0.1, 0.15) is 5.82 Å². The minimum atomic E-state index is 0.398. The molecule has 0 aliphatic rings. The molecule has 21 heavy (non-hydrogen) atoms. The molecular formula is C17H22BrN3. The van der Waals surface area contributed by atoms with Crippen molar-refractivity contribution in [1.29, 1.82) is 0 Å². The maximum Gasteiger partial charge on any atom is 0.129 e.